The highest BCUT2D eigenvalue weighted by Crippen LogP contribution is 2.40. The maximum atomic E-state index is 12.9. The zero-order chi connectivity index (χ0) is 23.7. The average molecular weight is 534 g/mol. The molecule has 0 spiro atoms. The van der Waals surface area contributed by atoms with Crippen molar-refractivity contribution < 1.29 is 9.53 Å². The molecule has 174 valence electrons. The van der Waals surface area contributed by atoms with Gasteiger partial charge < -0.3 is 19.2 Å². The number of carbonyl (C=O) groups is 1. The Balaban J connectivity index is 1.91. The maximum absolute atomic E-state index is 12.9. The molecule has 1 N–H and O–H groups in total. The van der Waals surface area contributed by atoms with Crippen molar-refractivity contribution in [3.05, 3.63) is 79.2 Å². The fourth-order valence-corrected chi connectivity index (χ4v) is 4.91. The van der Waals surface area contributed by atoms with E-state index in [1.165, 1.54) is 0 Å². The van der Waals surface area contributed by atoms with E-state index >= 15 is 0 Å². The van der Waals surface area contributed by atoms with Crippen LogP contribution in [0.4, 0.5) is 5.69 Å². The number of benzene rings is 1. The van der Waals surface area contributed by atoms with E-state index in [9.17, 15) is 9.59 Å². The number of nitrogens with zero attached hydrogens (tertiary/aromatic N) is 3. The van der Waals surface area contributed by atoms with Crippen LogP contribution in [0.5, 0.6) is 0 Å². The minimum atomic E-state index is -0.469. The molecule has 0 amide bonds. The summed E-state index contributed by atoms with van der Waals surface area (Å²) in [4.78, 5) is 29.7. The normalized spacial score (nSPS) is 14.6. The summed E-state index contributed by atoms with van der Waals surface area (Å²) in [6, 6.07) is 9.11. The molecular weight excluding hydrogens is 508 g/mol. The first-order valence-electron chi connectivity index (χ1n) is 10.9. The van der Waals surface area contributed by atoms with E-state index in [-0.39, 0.29) is 23.9 Å². The van der Waals surface area contributed by atoms with Crippen molar-refractivity contribution in [1.29, 1.82) is 0 Å². The zero-order valence-electron chi connectivity index (χ0n) is 18.8. The summed E-state index contributed by atoms with van der Waals surface area (Å²) in [6.07, 6.45) is 4.90. The van der Waals surface area contributed by atoms with Crippen LogP contribution in [0.25, 0.3) is 0 Å². The predicted molar refractivity (Wildman–Crippen MR) is 132 cm³/mol. The second-order valence-electron chi connectivity index (χ2n) is 8.25. The van der Waals surface area contributed by atoms with Gasteiger partial charge in [-0.15, -0.1) is 0 Å². The molecule has 0 bridgehead atoms. The Labute approximate surface area is 205 Å². The minimum absolute atomic E-state index is 0.0574. The molecule has 1 fully saturated rings. The third-order valence-corrected chi connectivity index (χ3v) is 6.78. The molecule has 9 heteroatoms. The van der Waals surface area contributed by atoms with Crippen LogP contribution in [0.1, 0.15) is 65.6 Å². The van der Waals surface area contributed by atoms with Gasteiger partial charge in [-0.05, 0) is 72.8 Å². The molecule has 1 aromatic carbocycles. The molecule has 1 unspecified atom stereocenters. The highest BCUT2D eigenvalue weighted by atomic mass is 79.9. The molecule has 1 aliphatic carbocycles. The number of hydrogen-bond acceptors (Lipinski definition) is 5. The van der Waals surface area contributed by atoms with Crippen LogP contribution in [-0.4, -0.2) is 26.7 Å². The van der Waals surface area contributed by atoms with Crippen molar-refractivity contribution in [2.45, 2.75) is 45.2 Å². The van der Waals surface area contributed by atoms with Crippen molar-refractivity contribution in [1.82, 2.24) is 14.1 Å². The predicted octanol–water partition coefficient (Wildman–Crippen LogP) is 5.41. The van der Waals surface area contributed by atoms with E-state index < -0.39 is 12.0 Å². The third-order valence-electron chi connectivity index (χ3n) is 5.96. The lowest BCUT2D eigenvalue weighted by atomic mass is 9.91. The van der Waals surface area contributed by atoms with E-state index in [1.54, 1.807) is 31.7 Å². The lowest BCUT2D eigenvalue weighted by Crippen LogP contribution is -2.26. The highest BCUT2D eigenvalue weighted by molar-refractivity contribution is 9.10. The van der Waals surface area contributed by atoms with Crippen LogP contribution < -0.4 is 10.9 Å². The fourth-order valence-electron chi connectivity index (χ4n) is 4.12. The first-order chi connectivity index (χ1) is 15.8. The van der Waals surface area contributed by atoms with Crippen LogP contribution in [0, 0.1) is 6.92 Å². The molecule has 1 aliphatic rings. The van der Waals surface area contributed by atoms with Crippen molar-refractivity contribution in [3.63, 3.8) is 0 Å². The molecule has 3 aromatic rings. The van der Waals surface area contributed by atoms with Gasteiger partial charge in [-0.2, -0.15) is 0 Å². The largest absolute Gasteiger partial charge is 0.461 e. The Hall–Kier alpha value is -2.58. The molecule has 7 nitrogen and oxygen atoms in total. The van der Waals surface area contributed by atoms with E-state index in [0.717, 1.165) is 36.2 Å². The van der Waals surface area contributed by atoms with Gasteiger partial charge in [0, 0.05) is 29.9 Å². The number of rotatable bonds is 7. The van der Waals surface area contributed by atoms with Crippen LogP contribution in [0.3, 0.4) is 0 Å². The van der Waals surface area contributed by atoms with Gasteiger partial charge in [0.25, 0.3) is 5.56 Å². The first kappa shape index (κ1) is 23.6. The Kier molecular flexibility index (Phi) is 6.95. The summed E-state index contributed by atoms with van der Waals surface area (Å²) in [5, 5.41) is 4.16. The zero-order valence-corrected chi connectivity index (χ0v) is 21.1. The molecular formula is C24H26BrClN4O3. The smallest absolute Gasteiger partial charge is 0.358 e. The second-order valence-corrected chi connectivity index (χ2v) is 9.39. The number of aryl methyl sites for hydroxylation is 2. The standard InChI is InChI=1S/C24H26BrClN4O3/c1-4-33-23(32)20-21(30(24(25)28-20)18-6-5-7-18)19(15-8-10-16(26)11-9-15)27-17-12-14(2)22(31)29(3)13-17/h8-13,18-19,27H,4-7H2,1-3H3. The van der Waals surface area contributed by atoms with Crippen LogP contribution in [0.2, 0.25) is 5.02 Å². The van der Waals surface area contributed by atoms with Gasteiger partial charge in [0.05, 0.1) is 24.0 Å². The Bertz CT molecular complexity index is 1210. The number of imidazole rings is 1. The van der Waals surface area contributed by atoms with Crippen molar-refractivity contribution in [2.75, 3.05) is 11.9 Å². The van der Waals surface area contributed by atoms with E-state index in [1.807, 2.05) is 30.3 Å². The van der Waals surface area contributed by atoms with Crippen molar-refractivity contribution in [3.8, 4) is 0 Å². The molecule has 4 rings (SSSR count). The quantitative estimate of drug-likeness (QED) is 0.411. The minimum Gasteiger partial charge on any atom is -0.461 e. The van der Waals surface area contributed by atoms with E-state index in [0.29, 0.717) is 15.3 Å². The molecule has 2 aromatic heterocycles. The molecule has 33 heavy (non-hydrogen) atoms. The third kappa shape index (κ3) is 4.73. The van der Waals surface area contributed by atoms with Crippen LogP contribution >= 0.6 is 27.5 Å². The summed E-state index contributed by atoms with van der Waals surface area (Å²) >= 11 is 9.75. The van der Waals surface area contributed by atoms with Crippen LogP contribution in [-0.2, 0) is 11.8 Å². The number of aromatic nitrogens is 3. The number of hydrogen-bond donors (Lipinski definition) is 1. The Morgan fingerprint density at radius 2 is 2.03 bits per heavy atom. The number of nitrogens with one attached hydrogen (secondary N) is 1. The van der Waals surface area contributed by atoms with Crippen LogP contribution in [0.15, 0.2) is 46.1 Å². The lowest BCUT2D eigenvalue weighted by Gasteiger charge is -2.32. The number of pyridine rings is 1. The number of anilines is 1. The number of halogens is 2. The van der Waals surface area contributed by atoms with Gasteiger partial charge in [0.1, 0.15) is 0 Å². The van der Waals surface area contributed by atoms with E-state index in [4.69, 9.17) is 16.3 Å². The van der Waals surface area contributed by atoms with E-state index in [2.05, 4.69) is 30.8 Å². The summed E-state index contributed by atoms with van der Waals surface area (Å²) < 4.78 is 9.59. The SMILES string of the molecule is CCOC(=O)c1nc(Br)n(C2CCC2)c1C(Nc1cc(C)c(=O)n(C)c1)c1ccc(Cl)cc1. The summed E-state index contributed by atoms with van der Waals surface area (Å²) in [6.45, 7) is 3.81. The molecule has 1 saturated carbocycles. The Morgan fingerprint density at radius 1 is 1.33 bits per heavy atom. The fraction of sp³-hybridized carbons (Fsp3) is 0.375. The highest BCUT2D eigenvalue weighted by Gasteiger charge is 2.34. The molecule has 0 aliphatic heterocycles. The van der Waals surface area contributed by atoms with Gasteiger partial charge in [0.2, 0.25) is 0 Å². The van der Waals surface area contributed by atoms with Crippen molar-refractivity contribution in [2.24, 2.45) is 7.05 Å². The molecule has 0 radical (unpaired) electrons. The molecule has 0 saturated heterocycles. The average Bonchev–Trinajstić information content (AvgIpc) is 3.07. The number of esters is 1. The first-order valence-corrected chi connectivity index (χ1v) is 12.1. The maximum Gasteiger partial charge on any atom is 0.358 e. The topological polar surface area (TPSA) is 78.2 Å². The molecule has 1 atom stereocenters. The Morgan fingerprint density at radius 3 is 2.61 bits per heavy atom. The van der Waals surface area contributed by atoms with Gasteiger partial charge >= 0.3 is 5.97 Å². The number of carbonyl (C=O) groups excluding carboxylic acids is 1. The lowest BCUT2D eigenvalue weighted by molar-refractivity contribution is 0.0518. The van der Waals surface area contributed by atoms with Gasteiger partial charge in [0.15, 0.2) is 10.4 Å². The summed E-state index contributed by atoms with van der Waals surface area (Å²) in [7, 11) is 1.72. The molecule has 2 heterocycles. The summed E-state index contributed by atoms with van der Waals surface area (Å²) in [5.74, 6) is -0.469. The van der Waals surface area contributed by atoms with Gasteiger partial charge in [-0.25, -0.2) is 9.78 Å². The summed E-state index contributed by atoms with van der Waals surface area (Å²) in [5.41, 5.74) is 3.21. The monoisotopic (exact) mass is 532 g/mol. The van der Waals surface area contributed by atoms with Gasteiger partial charge in [-0.3, -0.25) is 4.79 Å². The second kappa shape index (κ2) is 9.73. The van der Waals surface area contributed by atoms with Crippen molar-refractivity contribution >= 4 is 39.2 Å². The van der Waals surface area contributed by atoms with Gasteiger partial charge in [-0.1, -0.05) is 23.7 Å². The number of ether oxygens (including phenoxy) is 1.